The number of aryl methyl sites for hydroxylation is 2. The number of anilines is 1. The van der Waals surface area contributed by atoms with Crippen LogP contribution < -0.4 is 5.32 Å². The number of amides is 1. The molecule has 0 radical (unpaired) electrons. The lowest BCUT2D eigenvalue weighted by Crippen LogP contribution is -2.12. The van der Waals surface area contributed by atoms with Crippen molar-refractivity contribution in [1.82, 2.24) is 0 Å². The predicted molar refractivity (Wildman–Crippen MR) is 56.6 cm³/mol. The van der Waals surface area contributed by atoms with Gasteiger partial charge in [0.25, 0.3) is 0 Å². The summed E-state index contributed by atoms with van der Waals surface area (Å²) in [5.41, 5.74) is 3.05. The van der Waals surface area contributed by atoms with E-state index >= 15 is 0 Å². The molecule has 3 nitrogen and oxygen atoms in total. The number of ether oxygens (including phenoxy) is 1. The van der Waals surface area contributed by atoms with Crippen molar-refractivity contribution in [2.24, 2.45) is 0 Å². The van der Waals surface area contributed by atoms with E-state index in [0.717, 1.165) is 17.7 Å². The molecule has 0 saturated carbocycles. The highest BCUT2D eigenvalue weighted by Crippen LogP contribution is 2.17. The Hall–Kier alpha value is -1.51. The zero-order valence-corrected chi connectivity index (χ0v) is 8.76. The minimum atomic E-state index is -0.429. The molecule has 0 aromatic heterocycles. The summed E-state index contributed by atoms with van der Waals surface area (Å²) in [7, 11) is 1.36. The highest BCUT2D eigenvalue weighted by atomic mass is 16.5. The molecule has 1 amide bonds. The number of benzene rings is 1. The van der Waals surface area contributed by atoms with Crippen molar-refractivity contribution in [3.63, 3.8) is 0 Å². The van der Waals surface area contributed by atoms with Crippen molar-refractivity contribution in [3.05, 3.63) is 29.3 Å². The Labute approximate surface area is 84.1 Å². The first-order chi connectivity index (χ1) is 6.67. The second kappa shape index (κ2) is 4.65. The number of carbonyl (C=O) groups is 1. The highest BCUT2D eigenvalue weighted by molar-refractivity contribution is 5.85. The molecule has 0 fully saturated rings. The van der Waals surface area contributed by atoms with Gasteiger partial charge in [-0.1, -0.05) is 19.1 Å². The fraction of sp³-hybridized carbons (Fsp3) is 0.364. The summed E-state index contributed by atoms with van der Waals surface area (Å²) in [4.78, 5) is 11.0. The third kappa shape index (κ3) is 2.49. The Balaban J connectivity index is 2.89. The molecule has 0 heterocycles. The number of rotatable bonds is 2. The van der Waals surface area contributed by atoms with Gasteiger partial charge >= 0.3 is 6.09 Å². The molecule has 1 aromatic carbocycles. The van der Waals surface area contributed by atoms with Crippen LogP contribution >= 0.6 is 0 Å². The van der Waals surface area contributed by atoms with Gasteiger partial charge in [0, 0.05) is 5.69 Å². The molecule has 0 spiro atoms. The van der Waals surface area contributed by atoms with Crippen LogP contribution in [-0.4, -0.2) is 13.2 Å². The quantitative estimate of drug-likeness (QED) is 0.784. The van der Waals surface area contributed by atoms with E-state index in [1.165, 1.54) is 12.7 Å². The van der Waals surface area contributed by atoms with Crippen molar-refractivity contribution in [2.45, 2.75) is 20.3 Å². The normalized spacial score (nSPS) is 9.64. The number of methoxy groups -OCH3 is 1. The van der Waals surface area contributed by atoms with Gasteiger partial charge in [0.05, 0.1) is 7.11 Å². The van der Waals surface area contributed by atoms with Crippen molar-refractivity contribution < 1.29 is 9.53 Å². The molecule has 0 aliphatic rings. The Morgan fingerprint density at radius 2 is 2.21 bits per heavy atom. The van der Waals surface area contributed by atoms with Gasteiger partial charge in [-0.15, -0.1) is 0 Å². The second-order valence-electron chi connectivity index (χ2n) is 3.12. The number of hydrogen-bond acceptors (Lipinski definition) is 2. The van der Waals surface area contributed by atoms with E-state index in [1.54, 1.807) is 0 Å². The van der Waals surface area contributed by atoms with E-state index in [9.17, 15) is 4.79 Å². The van der Waals surface area contributed by atoms with Crippen molar-refractivity contribution in [2.75, 3.05) is 12.4 Å². The summed E-state index contributed by atoms with van der Waals surface area (Å²) in [5, 5.41) is 2.67. The van der Waals surface area contributed by atoms with Gasteiger partial charge in [-0.25, -0.2) is 4.79 Å². The van der Waals surface area contributed by atoms with Crippen LogP contribution in [0, 0.1) is 6.92 Å². The van der Waals surface area contributed by atoms with E-state index in [4.69, 9.17) is 0 Å². The first kappa shape index (κ1) is 10.6. The lowest BCUT2D eigenvalue weighted by molar-refractivity contribution is 0.187. The van der Waals surface area contributed by atoms with Gasteiger partial charge in [-0.05, 0) is 30.5 Å². The molecule has 1 N–H and O–H groups in total. The van der Waals surface area contributed by atoms with Crippen LogP contribution in [-0.2, 0) is 11.2 Å². The first-order valence-electron chi connectivity index (χ1n) is 4.62. The maximum atomic E-state index is 11.0. The van der Waals surface area contributed by atoms with Crippen LogP contribution in [0.4, 0.5) is 10.5 Å². The topological polar surface area (TPSA) is 38.3 Å². The Morgan fingerprint density at radius 1 is 1.50 bits per heavy atom. The van der Waals surface area contributed by atoms with Crippen LogP contribution in [0.3, 0.4) is 0 Å². The largest absolute Gasteiger partial charge is 0.453 e. The maximum Gasteiger partial charge on any atom is 0.411 e. The third-order valence-electron chi connectivity index (χ3n) is 2.13. The summed E-state index contributed by atoms with van der Waals surface area (Å²) in [6, 6.07) is 6.01. The van der Waals surface area contributed by atoms with Crippen molar-refractivity contribution in [3.8, 4) is 0 Å². The molecule has 3 heteroatoms. The Morgan fingerprint density at radius 3 is 2.79 bits per heavy atom. The first-order valence-corrected chi connectivity index (χ1v) is 4.62. The van der Waals surface area contributed by atoms with Gasteiger partial charge in [0.15, 0.2) is 0 Å². The molecule has 0 atom stereocenters. The average Bonchev–Trinajstić information content (AvgIpc) is 2.21. The van der Waals surface area contributed by atoms with E-state index < -0.39 is 6.09 Å². The fourth-order valence-electron chi connectivity index (χ4n) is 1.18. The minimum absolute atomic E-state index is 0.429. The Kier molecular flexibility index (Phi) is 3.51. The maximum absolute atomic E-state index is 11.0. The van der Waals surface area contributed by atoms with E-state index in [1.807, 2.05) is 19.1 Å². The Bertz CT molecular complexity index is 334. The molecule has 76 valence electrons. The van der Waals surface area contributed by atoms with E-state index in [-0.39, 0.29) is 0 Å². The SMILES string of the molecule is CCc1ccc(C)c(NC(=O)OC)c1. The summed E-state index contributed by atoms with van der Waals surface area (Å²) >= 11 is 0. The van der Waals surface area contributed by atoms with Crippen molar-refractivity contribution >= 4 is 11.8 Å². The van der Waals surface area contributed by atoms with Crippen LogP contribution in [0.2, 0.25) is 0 Å². The molecule has 1 rings (SSSR count). The smallest absolute Gasteiger partial charge is 0.411 e. The summed E-state index contributed by atoms with van der Waals surface area (Å²) in [6.07, 6.45) is 0.525. The predicted octanol–water partition coefficient (Wildman–Crippen LogP) is 2.74. The van der Waals surface area contributed by atoms with E-state index in [0.29, 0.717) is 0 Å². The molecule has 0 saturated heterocycles. The van der Waals surface area contributed by atoms with Gasteiger partial charge in [0.2, 0.25) is 0 Å². The third-order valence-corrected chi connectivity index (χ3v) is 2.13. The molecular weight excluding hydrogens is 178 g/mol. The lowest BCUT2D eigenvalue weighted by atomic mass is 10.1. The minimum Gasteiger partial charge on any atom is -0.453 e. The molecule has 0 aliphatic heterocycles. The molecule has 14 heavy (non-hydrogen) atoms. The standard InChI is InChI=1S/C11H15NO2/c1-4-9-6-5-8(2)10(7-9)12-11(13)14-3/h5-7H,4H2,1-3H3,(H,12,13). The fourth-order valence-corrected chi connectivity index (χ4v) is 1.18. The van der Waals surface area contributed by atoms with Crippen LogP contribution in [0.25, 0.3) is 0 Å². The summed E-state index contributed by atoms with van der Waals surface area (Å²) < 4.78 is 4.53. The lowest BCUT2D eigenvalue weighted by Gasteiger charge is -2.08. The van der Waals surface area contributed by atoms with Crippen LogP contribution in [0.5, 0.6) is 0 Å². The molecule has 0 aliphatic carbocycles. The monoisotopic (exact) mass is 193 g/mol. The highest BCUT2D eigenvalue weighted by Gasteiger charge is 2.03. The van der Waals surface area contributed by atoms with Gasteiger partial charge in [-0.2, -0.15) is 0 Å². The van der Waals surface area contributed by atoms with Gasteiger partial charge < -0.3 is 4.74 Å². The molecular formula is C11H15NO2. The van der Waals surface area contributed by atoms with Crippen LogP contribution in [0.1, 0.15) is 18.1 Å². The van der Waals surface area contributed by atoms with Crippen molar-refractivity contribution in [1.29, 1.82) is 0 Å². The number of carbonyl (C=O) groups excluding carboxylic acids is 1. The number of hydrogen-bond donors (Lipinski definition) is 1. The number of nitrogens with one attached hydrogen (secondary N) is 1. The van der Waals surface area contributed by atoms with Gasteiger partial charge in [-0.3, -0.25) is 5.32 Å². The molecule has 0 unspecified atom stereocenters. The zero-order chi connectivity index (χ0) is 10.6. The van der Waals surface area contributed by atoms with Gasteiger partial charge in [0.1, 0.15) is 0 Å². The zero-order valence-electron chi connectivity index (χ0n) is 8.76. The molecule has 0 bridgehead atoms. The van der Waals surface area contributed by atoms with E-state index in [2.05, 4.69) is 23.0 Å². The summed E-state index contributed by atoms with van der Waals surface area (Å²) in [6.45, 7) is 4.03. The summed E-state index contributed by atoms with van der Waals surface area (Å²) in [5.74, 6) is 0. The second-order valence-corrected chi connectivity index (χ2v) is 3.12. The molecule has 1 aromatic rings. The average molecular weight is 193 g/mol. The van der Waals surface area contributed by atoms with Crippen LogP contribution in [0.15, 0.2) is 18.2 Å².